The average Bonchev–Trinajstić information content (AvgIpc) is 2.81. The van der Waals surface area contributed by atoms with Crippen LogP contribution >= 0.6 is 24.8 Å². The van der Waals surface area contributed by atoms with E-state index in [1.54, 1.807) is 7.11 Å². The van der Waals surface area contributed by atoms with Crippen LogP contribution in [0.2, 0.25) is 5.31 Å². The number of carbonyl (C=O) groups is 1. The fourth-order valence-electron chi connectivity index (χ4n) is 2.49. The number of likely N-dealkylation sites (tertiary alicyclic amines) is 1. The quantitative estimate of drug-likeness (QED) is 0.697. The van der Waals surface area contributed by atoms with E-state index in [2.05, 4.69) is 4.90 Å². The smallest absolute Gasteiger partial charge is 0.300 e. The molecule has 4 nitrogen and oxygen atoms in total. The number of ether oxygens (including phenoxy) is 1. The molecule has 0 aromatic rings. The minimum absolute atomic E-state index is 0. The van der Waals surface area contributed by atoms with Crippen molar-refractivity contribution in [1.29, 1.82) is 0 Å². The second-order valence-corrected chi connectivity index (χ2v) is 5.18. The molecular weight excluding hydrogens is 300 g/mol. The molecule has 0 aliphatic carbocycles. The fourth-order valence-corrected chi connectivity index (χ4v) is 2.49. The van der Waals surface area contributed by atoms with Crippen molar-refractivity contribution in [2.75, 3.05) is 20.2 Å². The summed E-state index contributed by atoms with van der Waals surface area (Å²) in [5.74, 6) is -0.885. The van der Waals surface area contributed by atoms with Gasteiger partial charge in [0.05, 0.1) is 7.85 Å². The van der Waals surface area contributed by atoms with E-state index in [-0.39, 0.29) is 31.0 Å². The Morgan fingerprint density at radius 1 is 1.45 bits per heavy atom. The van der Waals surface area contributed by atoms with Crippen LogP contribution in [0.3, 0.4) is 0 Å². The van der Waals surface area contributed by atoms with E-state index >= 15 is 0 Å². The zero-order chi connectivity index (χ0) is 13.6. The second kappa shape index (κ2) is 10.7. The molecule has 1 unspecified atom stereocenters. The Morgan fingerprint density at radius 2 is 2.10 bits per heavy atom. The van der Waals surface area contributed by atoms with Gasteiger partial charge in [0.2, 0.25) is 0 Å². The first kappa shape index (κ1) is 22.3. The molecule has 1 heterocycles. The Hall–Kier alpha value is 0.0349. The number of hydrogen-bond acceptors (Lipinski definition) is 3. The Morgan fingerprint density at radius 3 is 2.60 bits per heavy atom. The Labute approximate surface area is 135 Å². The standard InChI is InChI=1S/C13H24BNO3.2ClH/c1-3-4-7-13(14,12(16)17)8-10-15-9-5-6-11(15)18-2;;/h11H,3-10H2,1-2H3,(H,16,17);2*1H/t11-,13?;;/m1../s1. The predicted molar refractivity (Wildman–Crippen MR) is 86.3 cm³/mol. The lowest BCUT2D eigenvalue weighted by Gasteiger charge is -2.30. The summed E-state index contributed by atoms with van der Waals surface area (Å²) >= 11 is 0. The zero-order valence-electron chi connectivity index (χ0n) is 12.3. The molecule has 0 bridgehead atoms. The van der Waals surface area contributed by atoms with E-state index in [1.807, 2.05) is 6.92 Å². The van der Waals surface area contributed by atoms with Gasteiger partial charge in [0.1, 0.15) is 6.23 Å². The van der Waals surface area contributed by atoms with Gasteiger partial charge in [-0.3, -0.25) is 9.69 Å². The van der Waals surface area contributed by atoms with E-state index in [4.69, 9.17) is 12.6 Å². The van der Waals surface area contributed by atoms with Gasteiger partial charge in [0, 0.05) is 25.5 Å². The van der Waals surface area contributed by atoms with Crippen molar-refractivity contribution in [2.24, 2.45) is 0 Å². The van der Waals surface area contributed by atoms with Gasteiger partial charge in [0.15, 0.2) is 0 Å². The minimum Gasteiger partial charge on any atom is -0.481 e. The van der Waals surface area contributed by atoms with Gasteiger partial charge in [-0.05, 0) is 25.7 Å². The summed E-state index contributed by atoms with van der Waals surface area (Å²) in [6.07, 6.45) is 5.13. The summed E-state index contributed by atoms with van der Waals surface area (Å²) in [6.45, 7) is 3.72. The maximum atomic E-state index is 11.3. The third-order valence-electron chi connectivity index (χ3n) is 3.82. The van der Waals surface area contributed by atoms with Gasteiger partial charge in [-0.15, -0.1) is 24.8 Å². The molecule has 7 heteroatoms. The molecule has 1 fully saturated rings. The summed E-state index contributed by atoms with van der Waals surface area (Å²) in [5.41, 5.74) is 0. The number of nitrogens with zero attached hydrogens (tertiary/aromatic N) is 1. The molecule has 0 spiro atoms. The lowest BCUT2D eigenvalue weighted by atomic mass is 9.63. The van der Waals surface area contributed by atoms with Gasteiger partial charge in [0.25, 0.3) is 0 Å². The molecule has 1 aliphatic heterocycles. The number of hydrogen-bond donors (Lipinski definition) is 1. The van der Waals surface area contributed by atoms with E-state index < -0.39 is 11.3 Å². The minimum atomic E-state index is -1.09. The van der Waals surface area contributed by atoms with Gasteiger partial charge in [-0.25, -0.2) is 0 Å². The summed E-state index contributed by atoms with van der Waals surface area (Å²) in [6, 6.07) is 0. The number of rotatable bonds is 8. The molecule has 0 aromatic heterocycles. The van der Waals surface area contributed by atoms with Crippen LogP contribution in [-0.4, -0.2) is 50.2 Å². The number of carboxylic acids is 1. The van der Waals surface area contributed by atoms with Crippen molar-refractivity contribution in [2.45, 2.75) is 57.0 Å². The number of halogens is 2. The summed E-state index contributed by atoms with van der Waals surface area (Å²) < 4.78 is 5.37. The zero-order valence-corrected chi connectivity index (χ0v) is 14.0. The van der Waals surface area contributed by atoms with Crippen LogP contribution in [0.1, 0.15) is 45.4 Å². The first-order chi connectivity index (χ1) is 8.53. The highest BCUT2D eigenvalue weighted by Crippen LogP contribution is 2.34. The number of unbranched alkanes of at least 4 members (excludes halogenated alkanes) is 1. The lowest BCUT2D eigenvalue weighted by molar-refractivity contribution is -0.141. The average molecular weight is 326 g/mol. The summed E-state index contributed by atoms with van der Waals surface area (Å²) in [5, 5.41) is 8.19. The predicted octanol–water partition coefficient (Wildman–Crippen LogP) is 2.89. The summed E-state index contributed by atoms with van der Waals surface area (Å²) in [7, 11) is 7.73. The molecule has 2 radical (unpaired) electrons. The molecule has 0 saturated carbocycles. The second-order valence-electron chi connectivity index (χ2n) is 5.18. The van der Waals surface area contributed by atoms with Crippen LogP contribution in [0, 0.1) is 0 Å². The number of methoxy groups -OCH3 is 1. The SMILES string of the molecule is Cl.Cl.[B]C(CCCC)(CCN1CCC[C@H]1OC)C(=O)O. The normalized spacial score (nSPS) is 21.6. The Bertz CT molecular complexity index is 284. The molecule has 0 aromatic carbocycles. The third-order valence-corrected chi connectivity index (χ3v) is 3.82. The van der Waals surface area contributed by atoms with Crippen LogP contribution in [0.25, 0.3) is 0 Å². The molecule has 1 saturated heterocycles. The monoisotopic (exact) mass is 325 g/mol. The van der Waals surface area contributed by atoms with Crippen LogP contribution in [0.5, 0.6) is 0 Å². The van der Waals surface area contributed by atoms with Crippen molar-refractivity contribution in [3.05, 3.63) is 0 Å². The van der Waals surface area contributed by atoms with Gasteiger partial charge in [-0.1, -0.05) is 19.8 Å². The van der Waals surface area contributed by atoms with Crippen LogP contribution in [0.15, 0.2) is 0 Å². The van der Waals surface area contributed by atoms with Crippen molar-refractivity contribution in [1.82, 2.24) is 4.90 Å². The van der Waals surface area contributed by atoms with Gasteiger partial charge >= 0.3 is 5.97 Å². The van der Waals surface area contributed by atoms with Crippen molar-refractivity contribution in [3.8, 4) is 0 Å². The van der Waals surface area contributed by atoms with Crippen LogP contribution in [0.4, 0.5) is 0 Å². The third kappa shape index (κ3) is 6.21. The molecular formula is C13H26BCl2NO3. The molecule has 20 heavy (non-hydrogen) atoms. The van der Waals surface area contributed by atoms with E-state index in [0.717, 1.165) is 32.2 Å². The molecule has 1 aliphatic rings. The highest BCUT2D eigenvalue weighted by atomic mass is 35.5. The summed E-state index contributed by atoms with van der Waals surface area (Å²) in [4.78, 5) is 13.5. The number of carboxylic acid groups (broad SMARTS) is 1. The highest BCUT2D eigenvalue weighted by Gasteiger charge is 2.33. The van der Waals surface area contributed by atoms with Gasteiger partial charge < -0.3 is 9.84 Å². The molecule has 0 amide bonds. The van der Waals surface area contributed by atoms with E-state index in [0.29, 0.717) is 19.4 Å². The molecule has 1 N–H and O–H groups in total. The lowest BCUT2D eigenvalue weighted by Crippen LogP contribution is -2.35. The fraction of sp³-hybridized carbons (Fsp3) is 0.923. The molecule has 1 rings (SSSR count). The van der Waals surface area contributed by atoms with Crippen LogP contribution in [-0.2, 0) is 9.53 Å². The first-order valence-electron chi connectivity index (χ1n) is 6.82. The topological polar surface area (TPSA) is 49.8 Å². The van der Waals surface area contributed by atoms with E-state index in [9.17, 15) is 9.90 Å². The van der Waals surface area contributed by atoms with Crippen molar-refractivity contribution >= 4 is 38.6 Å². The Kier molecular flexibility index (Phi) is 12.0. The first-order valence-corrected chi connectivity index (χ1v) is 6.82. The number of aliphatic carboxylic acids is 1. The van der Waals surface area contributed by atoms with E-state index in [1.165, 1.54) is 0 Å². The molecule has 118 valence electrons. The largest absolute Gasteiger partial charge is 0.481 e. The van der Waals surface area contributed by atoms with Crippen molar-refractivity contribution < 1.29 is 14.6 Å². The highest BCUT2D eigenvalue weighted by molar-refractivity contribution is 6.26. The van der Waals surface area contributed by atoms with Crippen molar-refractivity contribution in [3.63, 3.8) is 0 Å². The van der Waals surface area contributed by atoms with Crippen LogP contribution < -0.4 is 0 Å². The Balaban J connectivity index is 0. The maximum absolute atomic E-state index is 11.3. The maximum Gasteiger partial charge on any atom is 0.300 e. The van der Waals surface area contributed by atoms with Gasteiger partial charge in [-0.2, -0.15) is 0 Å². The molecule has 2 atom stereocenters.